The van der Waals surface area contributed by atoms with E-state index in [0.717, 1.165) is 28.1 Å². The van der Waals surface area contributed by atoms with E-state index in [-0.39, 0.29) is 12.3 Å². The Morgan fingerprint density at radius 1 is 0.912 bits per heavy atom. The van der Waals surface area contributed by atoms with Gasteiger partial charge in [0.05, 0.1) is 11.4 Å². The van der Waals surface area contributed by atoms with Gasteiger partial charge in [0.2, 0.25) is 17.6 Å². The van der Waals surface area contributed by atoms with Crippen LogP contribution in [0.1, 0.15) is 17.9 Å². The van der Waals surface area contributed by atoms with Gasteiger partial charge in [0.15, 0.2) is 0 Å². The predicted molar refractivity (Wildman–Crippen MR) is 127 cm³/mol. The molecule has 3 aromatic heterocycles. The molecule has 0 saturated heterocycles. The molecule has 0 aliphatic rings. The lowest BCUT2D eigenvalue weighted by atomic mass is 10.1. The molecular formula is C26H22N6O2. The Labute approximate surface area is 196 Å². The minimum atomic E-state index is -0.102. The molecule has 0 aliphatic carbocycles. The molecule has 5 aromatic rings. The molecule has 0 atom stereocenters. The average Bonchev–Trinajstić information content (AvgIpc) is 3.55. The first kappa shape index (κ1) is 21.3. The zero-order valence-corrected chi connectivity index (χ0v) is 18.3. The normalized spacial score (nSPS) is 10.8. The third kappa shape index (κ3) is 4.91. The van der Waals surface area contributed by atoms with Crippen LogP contribution in [0, 0.1) is 0 Å². The highest BCUT2D eigenvalue weighted by molar-refractivity contribution is 5.76. The van der Waals surface area contributed by atoms with Gasteiger partial charge in [-0.15, -0.1) is 0 Å². The van der Waals surface area contributed by atoms with E-state index in [1.807, 2.05) is 71.5 Å². The average molecular weight is 451 g/mol. The Bertz CT molecular complexity index is 1360. The van der Waals surface area contributed by atoms with Gasteiger partial charge >= 0.3 is 0 Å². The molecule has 8 nitrogen and oxygen atoms in total. The van der Waals surface area contributed by atoms with E-state index >= 15 is 0 Å². The van der Waals surface area contributed by atoms with Gasteiger partial charge in [0.1, 0.15) is 0 Å². The standard InChI is InChI=1S/C26H22N6O2/c33-23(11-12-24-29-26(31-34-24)20-13-15-27-16-14-20)28-17-21-18-32(22-9-5-2-6-10-22)30-25(21)19-7-3-1-4-8-19/h1-10,13-16,18H,11-12,17H2,(H,28,33). The molecule has 0 bridgehead atoms. The fourth-order valence-corrected chi connectivity index (χ4v) is 3.57. The number of para-hydroxylation sites is 1. The Kier molecular flexibility index (Phi) is 6.20. The highest BCUT2D eigenvalue weighted by atomic mass is 16.5. The van der Waals surface area contributed by atoms with Crippen LogP contribution in [0.2, 0.25) is 0 Å². The third-order valence-corrected chi connectivity index (χ3v) is 5.31. The van der Waals surface area contributed by atoms with Crippen molar-refractivity contribution < 1.29 is 9.32 Å². The van der Waals surface area contributed by atoms with Gasteiger partial charge in [-0.25, -0.2) is 4.68 Å². The number of aromatic nitrogens is 5. The van der Waals surface area contributed by atoms with Crippen molar-refractivity contribution in [1.82, 2.24) is 30.2 Å². The maximum absolute atomic E-state index is 12.6. The van der Waals surface area contributed by atoms with E-state index in [0.29, 0.717) is 24.7 Å². The molecule has 0 aliphatic heterocycles. The summed E-state index contributed by atoms with van der Waals surface area (Å²) in [6.07, 6.45) is 5.89. The minimum Gasteiger partial charge on any atom is -0.352 e. The molecule has 0 radical (unpaired) electrons. The fraction of sp³-hybridized carbons (Fsp3) is 0.115. The topological polar surface area (TPSA) is 98.7 Å². The molecule has 5 rings (SSSR count). The second kappa shape index (κ2) is 9.91. The highest BCUT2D eigenvalue weighted by Gasteiger charge is 2.14. The maximum atomic E-state index is 12.6. The van der Waals surface area contributed by atoms with E-state index in [1.54, 1.807) is 24.5 Å². The van der Waals surface area contributed by atoms with Crippen molar-refractivity contribution in [3.63, 3.8) is 0 Å². The van der Waals surface area contributed by atoms with Crippen LogP contribution in [-0.4, -0.2) is 30.8 Å². The van der Waals surface area contributed by atoms with Crippen LogP contribution in [0.3, 0.4) is 0 Å². The number of rotatable bonds is 8. The van der Waals surface area contributed by atoms with Crippen molar-refractivity contribution >= 4 is 5.91 Å². The summed E-state index contributed by atoms with van der Waals surface area (Å²) in [6.45, 7) is 0.363. The van der Waals surface area contributed by atoms with Crippen molar-refractivity contribution in [2.45, 2.75) is 19.4 Å². The first-order valence-electron chi connectivity index (χ1n) is 11.0. The Hall–Kier alpha value is -4.59. The van der Waals surface area contributed by atoms with Crippen molar-refractivity contribution in [2.75, 3.05) is 0 Å². The number of pyridine rings is 1. The van der Waals surface area contributed by atoms with E-state index in [9.17, 15) is 4.79 Å². The maximum Gasteiger partial charge on any atom is 0.227 e. The lowest BCUT2D eigenvalue weighted by Crippen LogP contribution is -2.23. The summed E-state index contributed by atoms with van der Waals surface area (Å²) in [4.78, 5) is 20.9. The van der Waals surface area contributed by atoms with Crippen LogP contribution in [0.4, 0.5) is 0 Å². The monoisotopic (exact) mass is 450 g/mol. The Balaban J connectivity index is 1.25. The number of amides is 1. The van der Waals surface area contributed by atoms with Crippen molar-refractivity contribution in [3.8, 4) is 28.3 Å². The number of nitrogens with zero attached hydrogens (tertiary/aromatic N) is 5. The summed E-state index contributed by atoms with van der Waals surface area (Å²) >= 11 is 0. The zero-order valence-electron chi connectivity index (χ0n) is 18.3. The van der Waals surface area contributed by atoms with Gasteiger partial charge in [-0.1, -0.05) is 53.7 Å². The SMILES string of the molecule is O=C(CCc1nc(-c2ccncc2)no1)NCc1cn(-c2ccccc2)nc1-c1ccccc1. The molecule has 168 valence electrons. The smallest absolute Gasteiger partial charge is 0.227 e. The van der Waals surface area contributed by atoms with Crippen molar-refractivity contribution in [3.05, 3.63) is 103 Å². The van der Waals surface area contributed by atoms with E-state index in [1.165, 1.54) is 0 Å². The first-order chi connectivity index (χ1) is 16.8. The van der Waals surface area contributed by atoms with E-state index in [4.69, 9.17) is 9.62 Å². The number of hydrogen-bond donors (Lipinski definition) is 1. The summed E-state index contributed by atoms with van der Waals surface area (Å²) in [6, 6.07) is 23.5. The van der Waals surface area contributed by atoms with Crippen LogP contribution in [0.25, 0.3) is 28.3 Å². The van der Waals surface area contributed by atoms with Crippen molar-refractivity contribution in [2.24, 2.45) is 0 Å². The number of carbonyl (C=O) groups excluding carboxylic acids is 1. The minimum absolute atomic E-state index is 0.102. The van der Waals surface area contributed by atoms with Gasteiger partial charge in [-0.2, -0.15) is 10.1 Å². The number of carbonyl (C=O) groups is 1. The van der Waals surface area contributed by atoms with E-state index < -0.39 is 0 Å². The molecule has 0 saturated carbocycles. The molecule has 34 heavy (non-hydrogen) atoms. The van der Waals surface area contributed by atoms with Gasteiger partial charge in [0.25, 0.3) is 0 Å². The molecule has 0 unspecified atom stereocenters. The summed E-state index contributed by atoms with van der Waals surface area (Å²) < 4.78 is 7.12. The van der Waals surface area contributed by atoms with Crippen LogP contribution >= 0.6 is 0 Å². The Morgan fingerprint density at radius 2 is 1.65 bits per heavy atom. The first-order valence-corrected chi connectivity index (χ1v) is 11.0. The number of benzene rings is 2. The van der Waals surface area contributed by atoms with Crippen molar-refractivity contribution in [1.29, 1.82) is 0 Å². The molecule has 1 N–H and O–H groups in total. The van der Waals surface area contributed by atoms with Gasteiger partial charge in [-0.05, 0) is 24.3 Å². The fourth-order valence-electron chi connectivity index (χ4n) is 3.57. The quantitative estimate of drug-likeness (QED) is 0.380. The predicted octanol–water partition coefficient (Wildman–Crippen LogP) is 4.23. The van der Waals surface area contributed by atoms with Crippen LogP contribution in [-0.2, 0) is 17.8 Å². The van der Waals surface area contributed by atoms with Gasteiger partial charge in [0, 0.05) is 54.7 Å². The summed E-state index contributed by atoms with van der Waals surface area (Å²) in [5, 5.41) is 11.8. The molecule has 3 heterocycles. The van der Waals surface area contributed by atoms with Gasteiger partial charge in [-0.3, -0.25) is 9.78 Å². The number of aryl methyl sites for hydroxylation is 1. The largest absolute Gasteiger partial charge is 0.352 e. The molecule has 0 fully saturated rings. The van der Waals surface area contributed by atoms with E-state index in [2.05, 4.69) is 20.4 Å². The number of hydrogen-bond acceptors (Lipinski definition) is 6. The summed E-state index contributed by atoms with van der Waals surface area (Å²) in [5.41, 5.74) is 4.54. The Morgan fingerprint density at radius 3 is 2.41 bits per heavy atom. The van der Waals surface area contributed by atoms with Crippen LogP contribution in [0.5, 0.6) is 0 Å². The molecule has 8 heteroatoms. The second-order valence-corrected chi connectivity index (χ2v) is 7.67. The lowest BCUT2D eigenvalue weighted by Gasteiger charge is -2.05. The second-order valence-electron chi connectivity index (χ2n) is 7.67. The number of nitrogens with one attached hydrogen (secondary N) is 1. The van der Waals surface area contributed by atoms with Crippen LogP contribution < -0.4 is 5.32 Å². The molecule has 0 spiro atoms. The molecule has 2 aromatic carbocycles. The lowest BCUT2D eigenvalue weighted by molar-refractivity contribution is -0.121. The third-order valence-electron chi connectivity index (χ3n) is 5.31. The highest BCUT2D eigenvalue weighted by Crippen LogP contribution is 2.23. The molecular weight excluding hydrogens is 428 g/mol. The van der Waals surface area contributed by atoms with Crippen LogP contribution in [0.15, 0.2) is 95.9 Å². The zero-order chi connectivity index (χ0) is 23.2. The van der Waals surface area contributed by atoms with Gasteiger partial charge < -0.3 is 9.84 Å². The summed E-state index contributed by atoms with van der Waals surface area (Å²) in [5.74, 6) is 0.803. The summed E-state index contributed by atoms with van der Waals surface area (Å²) in [7, 11) is 0. The molecule has 1 amide bonds.